The Morgan fingerprint density at radius 3 is 2.83 bits per heavy atom. The van der Waals surface area contributed by atoms with Crippen molar-refractivity contribution in [3.63, 3.8) is 0 Å². The van der Waals surface area contributed by atoms with Crippen LogP contribution in [0.15, 0.2) is 18.5 Å². The molecule has 0 aliphatic heterocycles. The van der Waals surface area contributed by atoms with E-state index in [4.69, 9.17) is 0 Å². The summed E-state index contributed by atoms with van der Waals surface area (Å²) in [6.07, 6.45) is 9.45. The van der Waals surface area contributed by atoms with Crippen molar-refractivity contribution in [3.05, 3.63) is 29.6 Å². The smallest absolute Gasteiger partial charge is 0.0305 e. The maximum atomic E-state index is 4.33. The monoisotopic (exact) mass is 246 g/mol. The molecule has 1 aromatic rings. The number of nitrogens with zero attached hydrogens (tertiary/aromatic N) is 1. The summed E-state index contributed by atoms with van der Waals surface area (Å²) in [5, 5.41) is 3.61. The second-order valence-corrected chi connectivity index (χ2v) is 5.95. The zero-order valence-corrected chi connectivity index (χ0v) is 11.9. The lowest BCUT2D eigenvalue weighted by Crippen LogP contribution is -2.33. The van der Waals surface area contributed by atoms with Gasteiger partial charge in [0.25, 0.3) is 0 Å². The van der Waals surface area contributed by atoms with Crippen LogP contribution in [0.2, 0.25) is 0 Å². The van der Waals surface area contributed by atoms with Gasteiger partial charge in [0.1, 0.15) is 0 Å². The summed E-state index contributed by atoms with van der Waals surface area (Å²) in [5.74, 6) is 1.49. The summed E-state index contributed by atoms with van der Waals surface area (Å²) in [6.45, 7) is 7.83. The highest BCUT2D eigenvalue weighted by Crippen LogP contribution is 2.38. The first-order valence-corrected chi connectivity index (χ1v) is 7.32. The highest BCUT2D eigenvalue weighted by Gasteiger charge is 2.27. The summed E-state index contributed by atoms with van der Waals surface area (Å²) in [4.78, 5) is 4.33. The molecule has 0 radical (unpaired) electrons. The van der Waals surface area contributed by atoms with Crippen molar-refractivity contribution in [1.82, 2.24) is 10.3 Å². The molecule has 0 aromatic carbocycles. The molecule has 18 heavy (non-hydrogen) atoms. The number of nitrogens with one attached hydrogen (secondary N) is 1. The second-order valence-electron chi connectivity index (χ2n) is 5.95. The summed E-state index contributed by atoms with van der Waals surface area (Å²) < 4.78 is 0. The number of aromatic nitrogens is 1. The topological polar surface area (TPSA) is 24.9 Å². The Bertz CT molecular complexity index is 373. The minimum Gasteiger partial charge on any atom is -0.314 e. The Morgan fingerprint density at radius 2 is 2.11 bits per heavy atom. The van der Waals surface area contributed by atoms with E-state index in [1.807, 2.05) is 6.20 Å². The van der Waals surface area contributed by atoms with E-state index in [-0.39, 0.29) is 0 Å². The van der Waals surface area contributed by atoms with Gasteiger partial charge in [0.2, 0.25) is 0 Å². The molecule has 1 N–H and O–H groups in total. The molecule has 100 valence electrons. The number of aryl methyl sites for hydroxylation is 1. The molecule has 1 aromatic heterocycles. The van der Waals surface area contributed by atoms with Gasteiger partial charge in [-0.1, -0.05) is 26.7 Å². The van der Waals surface area contributed by atoms with Crippen LogP contribution in [0, 0.1) is 12.8 Å². The Balaban J connectivity index is 2.10. The predicted molar refractivity (Wildman–Crippen MR) is 76.8 cm³/mol. The largest absolute Gasteiger partial charge is 0.314 e. The lowest BCUT2D eigenvalue weighted by molar-refractivity contribution is 0.288. The normalized spacial score (nSPS) is 24.4. The van der Waals surface area contributed by atoms with E-state index in [1.165, 1.54) is 36.8 Å². The molecule has 2 nitrogen and oxygen atoms in total. The van der Waals surface area contributed by atoms with Crippen LogP contribution in [-0.4, -0.2) is 17.6 Å². The number of hydrogen-bond donors (Lipinski definition) is 1. The molecule has 1 heterocycles. The molecule has 2 unspecified atom stereocenters. The fourth-order valence-corrected chi connectivity index (χ4v) is 3.11. The van der Waals surface area contributed by atoms with E-state index in [2.05, 4.69) is 43.3 Å². The molecule has 1 aliphatic rings. The van der Waals surface area contributed by atoms with Gasteiger partial charge in [-0.2, -0.15) is 0 Å². The van der Waals surface area contributed by atoms with Crippen LogP contribution in [-0.2, 0) is 0 Å². The second kappa shape index (κ2) is 6.33. The fraction of sp³-hybridized carbons (Fsp3) is 0.688. The quantitative estimate of drug-likeness (QED) is 0.877. The Kier molecular flexibility index (Phi) is 4.76. The number of hydrogen-bond acceptors (Lipinski definition) is 2. The Morgan fingerprint density at radius 1 is 1.33 bits per heavy atom. The maximum absolute atomic E-state index is 4.33. The third kappa shape index (κ3) is 3.32. The van der Waals surface area contributed by atoms with Crippen molar-refractivity contribution < 1.29 is 0 Å². The lowest BCUT2D eigenvalue weighted by Gasteiger charge is -2.33. The molecule has 1 aliphatic carbocycles. The summed E-state index contributed by atoms with van der Waals surface area (Å²) in [7, 11) is 0. The van der Waals surface area contributed by atoms with Gasteiger partial charge in [0.15, 0.2) is 0 Å². The van der Waals surface area contributed by atoms with Gasteiger partial charge < -0.3 is 5.32 Å². The fourth-order valence-electron chi connectivity index (χ4n) is 3.11. The van der Waals surface area contributed by atoms with Crippen LogP contribution in [0.5, 0.6) is 0 Å². The third-order valence-electron chi connectivity index (χ3n) is 4.18. The van der Waals surface area contributed by atoms with Gasteiger partial charge in [-0.05, 0) is 55.3 Å². The number of rotatable bonds is 4. The summed E-state index contributed by atoms with van der Waals surface area (Å²) in [6, 6.07) is 2.74. The van der Waals surface area contributed by atoms with Gasteiger partial charge in [0, 0.05) is 18.4 Å². The molecule has 0 amide bonds. The van der Waals surface area contributed by atoms with Crippen LogP contribution in [0.3, 0.4) is 0 Å². The van der Waals surface area contributed by atoms with Gasteiger partial charge >= 0.3 is 0 Å². The van der Waals surface area contributed by atoms with E-state index >= 15 is 0 Å². The zero-order valence-electron chi connectivity index (χ0n) is 11.9. The average molecular weight is 246 g/mol. The molecular weight excluding hydrogens is 220 g/mol. The van der Waals surface area contributed by atoms with Gasteiger partial charge in [0.05, 0.1) is 0 Å². The molecule has 1 fully saturated rings. The van der Waals surface area contributed by atoms with E-state index in [0.29, 0.717) is 12.0 Å². The SMILES string of the molecule is Cc1ccncc1C1CCCCC1CNC(C)C. The zero-order chi connectivity index (χ0) is 13.0. The molecule has 2 atom stereocenters. The van der Waals surface area contributed by atoms with Crippen LogP contribution in [0.4, 0.5) is 0 Å². The first kappa shape index (κ1) is 13.5. The van der Waals surface area contributed by atoms with Crippen molar-refractivity contribution in [3.8, 4) is 0 Å². The van der Waals surface area contributed by atoms with Crippen LogP contribution >= 0.6 is 0 Å². The third-order valence-corrected chi connectivity index (χ3v) is 4.18. The summed E-state index contributed by atoms with van der Waals surface area (Å²) in [5.41, 5.74) is 2.89. The molecule has 2 heteroatoms. The van der Waals surface area contributed by atoms with E-state index < -0.39 is 0 Å². The Labute approximate surface area is 111 Å². The molecule has 0 spiro atoms. The van der Waals surface area contributed by atoms with Crippen LogP contribution in [0.25, 0.3) is 0 Å². The van der Waals surface area contributed by atoms with Crippen molar-refractivity contribution >= 4 is 0 Å². The molecular formula is C16H26N2. The average Bonchev–Trinajstić information content (AvgIpc) is 2.37. The molecule has 2 rings (SSSR count). The minimum absolute atomic E-state index is 0.586. The highest BCUT2D eigenvalue weighted by atomic mass is 14.9. The predicted octanol–water partition coefficient (Wildman–Crippen LogP) is 3.66. The molecule has 0 saturated heterocycles. The lowest BCUT2D eigenvalue weighted by atomic mass is 9.75. The van der Waals surface area contributed by atoms with Crippen LogP contribution in [0.1, 0.15) is 56.6 Å². The van der Waals surface area contributed by atoms with Crippen LogP contribution < -0.4 is 5.32 Å². The van der Waals surface area contributed by atoms with Gasteiger partial charge in [-0.25, -0.2) is 0 Å². The first-order valence-electron chi connectivity index (χ1n) is 7.32. The molecule has 0 bridgehead atoms. The van der Waals surface area contributed by atoms with Gasteiger partial charge in [-0.15, -0.1) is 0 Å². The first-order chi connectivity index (χ1) is 8.68. The van der Waals surface area contributed by atoms with E-state index in [0.717, 1.165) is 12.5 Å². The molecule has 1 saturated carbocycles. The standard InChI is InChI=1S/C16H26N2/c1-12(2)18-10-14-6-4-5-7-15(14)16-11-17-9-8-13(16)3/h8-9,11-12,14-15,18H,4-7,10H2,1-3H3. The van der Waals surface area contributed by atoms with Crippen molar-refractivity contribution in [2.45, 2.75) is 58.4 Å². The van der Waals surface area contributed by atoms with Crippen molar-refractivity contribution in [2.24, 2.45) is 5.92 Å². The minimum atomic E-state index is 0.586. The highest BCUT2D eigenvalue weighted by molar-refractivity contribution is 5.26. The van der Waals surface area contributed by atoms with Crippen molar-refractivity contribution in [1.29, 1.82) is 0 Å². The van der Waals surface area contributed by atoms with Gasteiger partial charge in [-0.3, -0.25) is 4.98 Å². The Hall–Kier alpha value is -0.890. The van der Waals surface area contributed by atoms with E-state index in [1.54, 1.807) is 0 Å². The van der Waals surface area contributed by atoms with E-state index in [9.17, 15) is 0 Å². The summed E-state index contributed by atoms with van der Waals surface area (Å²) >= 11 is 0. The van der Waals surface area contributed by atoms with Crippen molar-refractivity contribution in [2.75, 3.05) is 6.54 Å². The maximum Gasteiger partial charge on any atom is 0.0305 e. The number of pyridine rings is 1.